The molecule has 0 saturated carbocycles. The molecule has 1 aliphatic rings. The molecule has 1 N–H and O–H groups in total. The normalized spacial score (nSPS) is 16.6. The minimum Gasteiger partial charge on any atom is -0.382 e. The van der Waals surface area contributed by atoms with E-state index in [9.17, 15) is 9.59 Å². The summed E-state index contributed by atoms with van der Waals surface area (Å²) in [5, 5.41) is 3.23. The lowest BCUT2D eigenvalue weighted by atomic mass is 10.2. The van der Waals surface area contributed by atoms with Crippen molar-refractivity contribution in [1.29, 1.82) is 0 Å². The van der Waals surface area contributed by atoms with Crippen molar-refractivity contribution in [3.8, 4) is 0 Å². The number of amides is 1. The fraction of sp³-hybridized carbons (Fsp3) is 0.429. The summed E-state index contributed by atoms with van der Waals surface area (Å²) >= 11 is 6.63. The van der Waals surface area contributed by atoms with Gasteiger partial charge in [-0.15, -0.1) is 0 Å². The predicted molar refractivity (Wildman–Crippen MR) is 126 cm³/mol. The number of aromatic nitrogens is 2. The van der Waals surface area contributed by atoms with Gasteiger partial charge in [-0.3, -0.25) is 18.9 Å². The number of rotatable bonds is 9. The lowest BCUT2D eigenvalue weighted by Crippen LogP contribution is -2.36. The molecule has 3 heterocycles. The van der Waals surface area contributed by atoms with Gasteiger partial charge in [-0.05, 0) is 44.9 Å². The van der Waals surface area contributed by atoms with Crippen LogP contribution in [-0.4, -0.2) is 50.3 Å². The number of hydrogen-bond donors (Lipinski definition) is 1. The number of nitrogens with zero attached hydrogens (tertiary/aromatic N) is 3. The third-order valence-electron chi connectivity index (χ3n) is 4.86. The number of thiocarbonyl (C=S) groups is 1. The van der Waals surface area contributed by atoms with Gasteiger partial charge in [0.15, 0.2) is 0 Å². The Balaban J connectivity index is 1.99. The molecular weight excluding hydrogens is 420 g/mol. The summed E-state index contributed by atoms with van der Waals surface area (Å²) in [5.41, 5.74) is 0.653. The number of nitrogens with one attached hydrogen (secondary N) is 1. The van der Waals surface area contributed by atoms with Crippen LogP contribution >= 0.6 is 24.0 Å². The molecule has 1 fully saturated rings. The number of carbonyl (C=O) groups excluding carboxylic acids is 1. The quantitative estimate of drug-likeness (QED) is 0.359. The van der Waals surface area contributed by atoms with Crippen molar-refractivity contribution in [1.82, 2.24) is 14.3 Å². The van der Waals surface area contributed by atoms with Crippen LogP contribution in [0.1, 0.15) is 39.2 Å². The van der Waals surface area contributed by atoms with Crippen LogP contribution in [0.5, 0.6) is 0 Å². The van der Waals surface area contributed by atoms with Crippen LogP contribution in [0.3, 0.4) is 0 Å². The van der Waals surface area contributed by atoms with Crippen molar-refractivity contribution in [2.24, 2.45) is 0 Å². The smallest absolute Gasteiger partial charge is 0.267 e. The number of fused-ring (bicyclic) bond motifs is 1. The second-order valence-corrected chi connectivity index (χ2v) is 8.57. The first-order valence-electron chi connectivity index (χ1n) is 10.1. The Hall–Kier alpha value is -2.23. The van der Waals surface area contributed by atoms with Gasteiger partial charge in [0.05, 0.1) is 10.5 Å². The van der Waals surface area contributed by atoms with Crippen LogP contribution in [0.25, 0.3) is 11.7 Å². The first-order valence-corrected chi connectivity index (χ1v) is 11.3. The Morgan fingerprint density at radius 2 is 2.13 bits per heavy atom. The molecule has 0 aromatic carbocycles. The van der Waals surface area contributed by atoms with Gasteiger partial charge in [-0.25, -0.2) is 4.98 Å². The van der Waals surface area contributed by atoms with Crippen molar-refractivity contribution >= 4 is 51.7 Å². The summed E-state index contributed by atoms with van der Waals surface area (Å²) in [7, 11) is 0. The highest BCUT2D eigenvalue weighted by molar-refractivity contribution is 8.26. The molecule has 160 valence electrons. The van der Waals surface area contributed by atoms with Crippen LogP contribution in [0.4, 0.5) is 5.82 Å². The van der Waals surface area contributed by atoms with Gasteiger partial charge in [0.25, 0.3) is 11.5 Å². The monoisotopic (exact) mass is 446 g/mol. The second-order valence-electron chi connectivity index (χ2n) is 6.89. The van der Waals surface area contributed by atoms with E-state index in [0.29, 0.717) is 46.0 Å². The molecule has 1 saturated heterocycles. The summed E-state index contributed by atoms with van der Waals surface area (Å²) in [4.78, 5) is 32.8. The third-order valence-corrected chi connectivity index (χ3v) is 6.19. The van der Waals surface area contributed by atoms with Gasteiger partial charge in [-0.2, -0.15) is 0 Å². The van der Waals surface area contributed by atoms with Crippen molar-refractivity contribution in [2.45, 2.75) is 39.7 Å². The fourth-order valence-corrected chi connectivity index (χ4v) is 4.51. The highest BCUT2D eigenvalue weighted by Crippen LogP contribution is 2.34. The van der Waals surface area contributed by atoms with Gasteiger partial charge in [-0.1, -0.05) is 37.0 Å². The molecule has 2 aromatic rings. The molecule has 0 bridgehead atoms. The van der Waals surface area contributed by atoms with E-state index in [2.05, 4.69) is 10.3 Å². The fourth-order valence-electron chi connectivity index (χ4n) is 3.07. The standard InChI is InChI=1S/C21H26N4O3S2/c1-4-14(3)25-20(27)16(30-21(25)29)13-15-18(22-10-8-12-28-5-2)23-17-9-6-7-11-24(17)19(15)26/h6-7,9,11,13-14,22H,4-5,8,10,12H2,1-3H3/b16-13+. The molecule has 7 nitrogen and oxygen atoms in total. The second kappa shape index (κ2) is 10.2. The molecule has 1 atom stereocenters. The summed E-state index contributed by atoms with van der Waals surface area (Å²) in [5.74, 6) is 0.288. The zero-order chi connectivity index (χ0) is 21.7. The third kappa shape index (κ3) is 4.74. The Morgan fingerprint density at radius 1 is 1.33 bits per heavy atom. The number of anilines is 1. The van der Waals surface area contributed by atoms with E-state index in [1.807, 2.05) is 26.8 Å². The number of carbonyl (C=O) groups is 1. The lowest BCUT2D eigenvalue weighted by Gasteiger charge is -2.21. The maximum Gasteiger partial charge on any atom is 0.267 e. The van der Waals surface area contributed by atoms with E-state index in [4.69, 9.17) is 17.0 Å². The summed E-state index contributed by atoms with van der Waals surface area (Å²) in [6, 6.07) is 5.39. The van der Waals surface area contributed by atoms with Crippen LogP contribution in [-0.2, 0) is 9.53 Å². The number of pyridine rings is 1. The van der Waals surface area contributed by atoms with E-state index in [0.717, 1.165) is 12.8 Å². The van der Waals surface area contributed by atoms with Gasteiger partial charge in [0, 0.05) is 32.0 Å². The molecule has 9 heteroatoms. The van der Waals surface area contributed by atoms with E-state index in [1.165, 1.54) is 16.2 Å². The molecular formula is C21H26N4O3S2. The van der Waals surface area contributed by atoms with Crippen molar-refractivity contribution < 1.29 is 9.53 Å². The van der Waals surface area contributed by atoms with E-state index >= 15 is 0 Å². The van der Waals surface area contributed by atoms with Crippen molar-refractivity contribution in [2.75, 3.05) is 25.1 Å². The average molecular weight is 447 g/mol. The molecule has 3 rings (SSSR count). The zero-order valence-electron chi connectivity index (χ0n) is 17.4. The lowest BCUT2D eigenvalue weighted by molar-refractivity contribution is -0.123. The summed E-state index contributed by atoms with van der Waals surface area (Å²) < 4.78 is 7.36. The molecule has 1 unspecified atom stereocenters. The Bertz CT molecular complexity index is 1030. The molecule has 2 aromatic heterocycles. The first-order chi connectivity index (χ1) is 14.5. The number of ether oxygens (including phenoxy) is 1. The van der Waals surface area contributed by atoms with Crippen molar-refractivity contribution in [3.63, 3.8) is 0 Å². The average Bonchev–Trinajstić information content (AvgIpc) is 3.02. The maximum atomic E-state index is 13.2. The topological polar surface area (TPSA) is 75.9 Å². The Kier molecular flexibility index (Phi) is 7.63. The summed E-state index contributed by atoms with van der Waals surface area (Å²) in [6.45, 7) is 7.82. The van der Waals surface area contributed by atoms with Crippen LogP contribution in [0.2, 0.25) is 0 Å². The minimum absolute atomic E-state index is 0.00962. The van der Waals surface area contributed by atoms with E-state index in [-0.39, 0.29) is 17.5 Å². The molecule has 1 aliphatic heterocycles. The van der Waals surface area contributed by atoms with E-state index < -0.39 is 0 Å². The zero-order valence-corrected chi connectivity index (χ0v) is 19.0. The molecule has 1 amide bonds. The van der Waals surface area contributed by atoms with Crippen molar-refractivity contribution in [3.05, 3.63) is 45.2 Å². The largest absolute Gasteiger partial charge is 0.382 e. The van der Waals surface area contributed by atoms with Gasteiger partial charge < -0.3 is 10.1 Å². The Morgan fingerprint density at radius 3 is 2.87 bits per heavy atom. The maximum absolute atomic E-state index is 13.2. The van der Waals surface area contributed by atoms with Gasteiger partial charge in [0.2, 0.25) is 0 Å². The number of hydrogen-bond acceptors (Lipinski definition) is 7. The molecule has 30 heavy (non-hydrogen) atoms. The van der Waals surface area contributed by atoms with E-state index in [1.54, 1.807) is 29.3 Å². The van der Waals surface area contributed by atoms with Gasteiger partial charge in [0.1, 0.15) is 15.8 Å². The highest BCUT2D eigenvalue weighted by atomic mass is 32.2. The van der Waals surface area contributed by atoms with Crippen LogP contribution in [0.15, 0.2) is 34.1 Å². The minimum atomic E-state index is -0.235. The molecule has 0 radical (unpaired) electrons. The van der Waals surface area contributed by atoms with Crippen LogP contribution < -0.4 is 10.9 Å². The number of thioether (sulfide) groups is 1. The van der Waals surface area contributed by atoms with Gasteiger partial charge >= 0.3 is 0 Å². The SMILES string of the molecule is CCOCCCNc1nc2ccccn2c(=O)c1/C=C1/SC(=S)N(C(C)CC)C1=O. The van der Waals surface area contributed by atoms with Crippen LogP contribution in [0, 0.1) is 0 Å². The predicted octanol–water partition coefficient (Wildman–Crippen LogP) is 3.53. The highest BCUT2D eigenvalue weighted by Gasteiger charge is 2.35. The first kappa shape index (κ1) is 22.5. The molecule has 0 spiro atoms. The summed E-state index contributed by atoms with van der Waals surface area (Å²) in [6.07, 6.45) is 4.86. The Labute approximate surface area is 185 Å². The molecule has 0 aliphatic carbocycles.